The Morgan fingerprint density at radius 2 is 1.85 bits per heavy atom. The van der Waals surface area contributed by atoms with E-state index < -0.39 is 10.5 Å². The van der Waals surface area contributed by atoms with E-state index in [2.05, 4.69) is 10.1 Å². The molecule has 0 bridgehead atoms. The van der Waals surface area contributed by atoms with Crippen molar-refractivity contribution in [1.29, 1.82) is 0 Å². The van der Waals surface area contributed by atoms with E-state index in [1.165, 1.54) is 18.3 Å². The Morgan fingerprint density at radius 3 is 2.59 bits per heavy atom. The largest absolute Gasteiger partial charge is 0.496 e. The van der Waals surface area contributed by atoms with Crippen LogP contribution in [0.2, 0.25) is 0 Å². The van der Waals surface area contributed by atoms with Gasteiger partial charge < -0.3 is 13.9 Å². The van der Waals surface area contributed by atoms with E-state index in [9.17, 15) is 14.9 Å². The van der Waals surface area contributed by atoms with Gasteiger partial charge in [0.05, 0.1) is 41.1 Å². The first-order valence-electron chi connectivity index (χ1n) is 12.2. The van der Waals surface area contributed by atoms with E-state index in [4.69, 9.17) is 13.9 Å². The SMILES string of the molecule is COc1cccc2oc(-c3nc4ccccc4c(=O)n3N=Cc3cccc([N+](=O)[O-])c3OCC(C)(C)C)cc12. The van der Waals surface area contributed by atoms with Gasteiger partial charge in [0.15, 0.2) is 5.76 Å². The average molecular weight is 527 g/mol. The number of hydrogen-bond acceptors (Lipinski definition) is 8. The number of methoxy groups -OCH3 is 1. The molecule has 0 aliphatic heterocycles. The van der Waals surface area contributed by atoms with Crippen LogP contribution in [-0.4, -0.2) is 34.5 Å². The molecule has 0 N–H and O–H groups in total. The molecule has 0 spiro atoms. The normalized spacial score (nSPS) is 11.9. The Morgan fingerprint density at radius 1 is 1.08 bits per heavy atom. The molecule has 198 valence electrons. The number of hydrogen-bond donors (Lipinski definition) is 0. The van der Waals surface area contributed by atoms with Gasteiger partial charge in [-0.2, -0.15) is 9.78 Å². The van der Waals surface area contributed by atoms with Crippen molar-refractivity contribution in [2.24, 2.45) is 10.5 Å². The second-order valence-corrected chi connectivity index (χ2v) is 10.1. The van der Waals surface area contributed by atoms with Crippen molar-refractivity contribution >= 4 is 33.8 Å². The molecule has 5 aromatic rings. The highest BCUT2D eigenvalue weighted by atomic mass is 16.6. The molecular weight excluding hydrogens is 500 g/mol. The van der Waals surface area contributed by atoms with Gasteiger partial charge in [-0.3, -0.25) is 14.9 Å². The van der Waals surface area contributed by atoms with Gasteiger partial charge in [0.2, 0.25) is 11.6 Å². The fraction of sp³-hybridized carbons (Fsp3) is 0.207. The number of ether oxygens (including phenoxy) is 2. The molecule has 0 amide bonds. The van der Waals surface area contributed by atoms with Crippen LogP contribution in [0.4, 0.5) is 5.69 Å². The zero-order valence-corrected chi connectivity index (χ0v) is 21.9. The number of fused-ring (bicyclic) bond motifs is 2. The second kappa shape index (κ2) is 10.1. The maximum Gasteiger partial charge on any atom is 0.311 e. The van der Waals surface area contributed by atoms with Crippen LogP contribution < -0.4 is 15.0 Å². The zero-order valence-electron chi connectivity index (χ0n) is 21.9. The zero-order chi connectivity index (χ0) is 27.7. The Balaban J connectivity index is 1.69. The molecule has 10 heteroatoms. The molecule has 0 fully saturated rings. The molecule has 0 aliphatic rings. The fourth-order valence-electron chi connectivity index (χ4n) is 4.07. The van der Waals surface area contributed by atoms with Crippen molar-refractivity contribution in [2.45, 2.75) is 20.8 Å². The van der Waals surface area contributed by atoms with Crippen molar-refractivity contribution < 1.29 is 18.8 Å². The van der Waals surface area contributed by atoms with Gasteiger partial charge in [0.1, 0.15) is 11.3 Å². The van der Waals surface area contributed by atoms with Gasteiger partial charge in [0, 0.05) is 11.6 Å². The summed E-state index contributed by atoms with van der Waals surface area (Å²) >= 11 is 0. The van der Waals surface area contributed by atoms with Crippen LogP contribution in [-0.2, 0) is 0 Å². The molecule has 39 heavy (non-hydrogen) atoms. The van der Waals surface area contributed by atoms with E-state index in [0.717, 1.165) is 4.68 Å². The van der Waals surface area contributed by atoms with Crippen molar-refractivity contribution in [2.75, 3.05) is 13.7 Å². The van der Waals surface area contributed by atoms with Gasteiger partial charge >= 0.3 is 5.69 Å². The summed E-state index contributed by atoms with van der Waals surface area (Å²) in [6, 6.07) is 18.6. The van der Waals surface area contributed by atoms with Crippen molar-refractivity contribution in [3.63, 3.8) is 0 Å². The number of para-hydroxylation sites is 2. The van der Waals surface area contributed by atoms with Crippen LogP contribution in [0.15, 0.2) is 81.0 Å². The number of benzene rings is 3. The number of rotatable bonds is 7. The lowest BCUT2D eigenvalue weighted by molar-refractivity contribution is -0.386. The van der Waals surface area contributed by atoms with Gasteiger partial charge in [-0.05, 0) is 41.8 Å². The minimum atomic E-state index is -0.508. The lowest BCUT2D eigenvalue weighted by Gasteiger charge is -2.19. The smallest absolute Gasteiger partial charge is 0.311 e. The number of nitrogens with zero attached hydrogens (tertiary/aromatic N) is 4. The molecule has 3 aromatic carbocycles. The number of nitro groups is 1. The highest BCUT2D eigenvalue weighted by molar-refractivity contribution is 5.89. The molecule has 0 saturated carbocycles. The summed E-state index contributed by atoms with van der Waals surface area (Å²) in [5, 5.41) is 17.3. The van der Waals surface area contributed by atoms with E-state index in [0.29, 0.717) is 38.9 Å². The van der Waals surface area contributed by atoms with Crippen LogP contribution in [0.25, 0.3) is 33.5 Å². The third kappa shape index (κ3) is 5.08. The Bertz CT molecular complexity index is 1800. The third-order valence-corrected chi connectivity index (χ3v) is 5.90. The Hall–Kier alpha value is -4.99. The maximum atomic E-state index is 13.6. The standard InChI is InChI=1S/C29H26N4O6/c1-29(2,3)17-38-26-18(9-7-12-22(26)33(35)36)16-30-32-27(31-21-11-6-5-10-19(21)28(32)34)25-15-20-23(37-4)13-8-14-24(20)39-25/h5-16H,17H2,1-4H3. The van der Waals surface area contributed by atoms with Crippen LogP contribution >= 0.6 is 0 Å². The van der Waals surface area contributed by atoms with Gasteiger partial charge in [-0.25, -0.2) is 4.98 Å². The Labute approximate surface area is 223 Å². The minimum Gasteiger partial charge on any atom is -0.496 e. The van der Waals surface area contributed by atoms with Crippen LogP contribution in [0.5, 0.6) is 11.5 Å². The Kier molecular flexibility index (Phi) is 6.61. The van der Waals surface area contributed by atoms with E-state index >= 15 is 0 Å². The summed E-state index contributed by atoms with van der Waals surface area (Å²) in [7, 11) is 1.56. The first-order chi connectivity index (χ1) is 18.7. The van der Waals surface area contributed by atoms with E-state index in [1.807, 2.05) is 26.8 Å². The highest BCUT2D eigenvalue weighted by Gasteiger charge is 2.22. The minimum absolute atomic E-state index is 0.0676. The molecule has 2 heterocycles. The summed E-state index contributed by atoms with van der Waals surface area (Å²) in [5.74, 6) is 1.14. The molecule has 10 nitrogen and oxygen atoms in total. The first-order valence-corrected chi connectivity index (χ1v) is 12.2. The molecular formula is C29H26N4O6. The molecule has 2 aromatic heterocycles. The van der Waals surface area contributed by atoms with Crippen molar-refractivity contribution in [3.05, 3.63) is 92.8 Å². The monoisotopic (exact) mass is 526 g/mol. The molecule has 0 unspecified atom stereocenters. The second-order valence-electron chi connectivity index (χ2n) is 10.1. The summed E-state index contributed by atoms with van der Waals surface area (Å²) in [6.45, 7) is 6.13. The summed E-state index contributed by atoms with van der Waals surface area (Å²) in [6.07, 6.45) is 1.36. The molecule has 0 aliphatic carbocycles. The predicted octanol–water partition coefficient (Wildman–Crippen LogP) is 6.03. The van der Waals surface area contributed by atoms with Gasteiger partial charge in [-0.1, -0.05) is 45.0 Å². The van der Waals surface area contributed by atoms with Gasteiger partial charge in [-0.15, -0.1) is 0 Å². The molecule has 0 saturated heterocycles. The van der Waals surface area contributed by atoms with Crippen molar-refractivity contribution in [1.82, 2.24) is 9.66 Å². The van der Waals surface area contributed by atoms with E-state index in [-0.39, 0.29) is 29.3 Å². The van der Waals surface area contributed by atoms with Gasteiger partial charge in [0.25, 0.3) is 5.56 Å². The molecule has 5 rings (SSSR count). The summed E-state index contributed by atoms with van der Waals surface area (Å²) in [4.78, 5) is 29.5. The average Bonchev–Trinajstić information content (AvgIpc) is 3.35. The quantitative estimate of drug-likeness (QED) is 0.144. The number of nitro benzene ring substituents is 1. The third-order valence-electron chi connectivity index (χ3n) is 5.90. The summed E-state index contributed by atoms with van der Waals surface area (Å²) < 4.78 is 18.5. The first kappa shape index (κ1) is 25.7. The fourth-order valence-corrected chi connectivity index (χ4v) is 4.07. The maximum absolute atomic E-state index is 13.6. The topological polar surface area (TPSA) is 122 Å². The van der Waals surface area contributed by atoms with E-state index in [1.54, 1.807) is 55.6 Å². The van der Waals surface area contributed by atoms with Crippen LogP contribution in [0.1, 0.15) is 26.3 Å². The van der Waals surface area contributed by atoms with Crippen molar-refractivity contribution in [3.8, 4) is 23.1 Å². The predicted molar refractivity (Wildman–Crippen MR) is 149 cm³/mol. The van der Waals surface area contributed by atoms with Crippen LogP contribution in [0, 0.1) is 15.5 Å². The highest BCUT2D eigenvalue weighted by Crippen LogP contribution is 2.34. The van der Waals surface area contributed by atoms with Crippen LogP contribution in [0.3, 0.4) is 0 Å². The number of aromatic nitrogens is 2. The molecule has 0 radical (unpaired) electrons. The molecule has 0 atom stereocenters. The lowest BCUT2D eigenvalue weighted by atomic mass is 9.98. The lowest BCUT2D eigenvalue weighted by Crippen LogP contribution is -2.20. The summed E-state index contributed by atoms with van der Waals surface area (Å²) in [5.41, 5.74) is 0.497. The number of furan rings is 1.